The van der Waals surface area contributed by atoms with Gasteiger partial charge < -0.3 is 5.32 Å². The molecule has 94 valence electrons. The van der Waals surface area contributed by atoms with Crippen molar-refractivity contribution in [1.29, 1.82) is 0 Å². The van der Waals surface area contributed by atoms with Crippen LogP contribution in [0.2, 0.25) is 0 Å². The number of thioether (sulfide) groups is 1. The Labute approximate surface area is 117 Å². The second-order valence-corrected chi connectivity index (χ2v) is 7.07. The molecule has 2 rings (SSSR count). The first kappa shape index (κ1) is 13.4. The van der Waals surface area contributed by atoms with Crippen molar-refractivity contribution in [3.8, 4) is 0 Å². The van der Waals surface area contributed by atoms with Crippen LogP contribution in [-0.4, -0.2) is 17.0 Å². The molecule has 17 heavy (non-hydrogen) atoms. The van der Waals surface area contributed by atoms with E-state index in [9.17, 15) is 0 Å². The lowest BCUT2D eigenvalue weighted by Crippen LogP contribution is -2.40. The van der Waals surface area contributed by atoms with Crippen molar-refractivity contribution in [2.45, 2.75) is 44.0 Å². The van der Waals surface area contributed by atoms with Gasteiger partial charge in [-0.3, -0.25) is 0 Å². The minimum absolute atomic E-state index is 0.414. The molecular weight excluding hydrogens is 294 g/mol. The summed E-state index contributed by atoms with van der Waals surface area (Å²) < 4.78 is 1.20. The second-order valence-electron chi connectivity index (χ2n) is 4.73. The lowest BCUT2D eigenvalue weighted by molar-refractivity contribution is 0.416. The van der Waals surface area contributed by atoms with E-state index in [1.165, 1.54) is 28.6 Å². The third kappa shape index (κ3) is 3.49. The van der Waals surface area contributed by atoms with Gasteiger partial charge in [-0.05, 0) is 37.1 Å². The highest BCUT2D eigenvalue weighted by atomic mass is 79.9. The lowest BCUT2D eigenvalue weighted by atomic mass is 10.0. The standard InChI is InChI=1S/C14H20BrNS/c1-10(12-6-3-4-7-13(12)15)16-14-8-5-9-17-11(14)2/h3-4,6-7,10-11,14,16H,5,8-9H2,1-2H3. The SMILES string of the molecule is CC(NC1CCCSC1C)c1ccccc1Br. The average Bonchev–Trinajstić information content (AvgIpc) is 2.32. The van der Waals surface area contributed by atoms with Crippen LogP contribution in [0.1, 0.15) is 38.3 Å². The maximum Gasteiger partial charge on any atom is 0.0305 e. The van der Waals surface area contributed by atoms with Crippen LogP contribution < -0.4 is 5.32 Å². The summed E-state index contributed by atoms with van der Waals surface area (Å²) in [6, 6.07) is 9.55. The molecule has 1 aromatic carbocycles. The number of halogens is 1. The molecule has 1 aromatic rings. The van der Waals surface area contributed by atoms with E-state index in [1.54, 1.807) is 0 Å². The molecule has 0 spiro atoms. The highest BCUT2D eigenvalue weighted by Gasteiger charge is 2.23. The highest BCUT2D eigenvalue weighted by Crippen LogP contribution is 2.29. The maximum atomic E-state index is 3.77. The van der Waals surface area contributed by atoms with Gasteiger partial charge in [-0.2, -0.15) is 11.8 Å². The number of benzene rings is 1. The molecule has 3 atom stereocenters. The van der Waals surface area contributed by atoms with Crippen LogP contribution in [-0.2, 0) is 0 Å². The predicted octanol–water partition coefficient (Wildman–Crippen LogP) is 4.38. The quantitative estimate of drug-likeness (QED) is 0.888. The van der Waals surface area contributed by atoms with Crippen LogP contribution in [0.15, 0.2) is 28.7 Å². The van der Waals surface area contributed by atoms with E-state index in [0.717, 1.165) is 5.25 Å². The van der Waals surface area contributed by atoms with Crippen LogP contribution in [0.5, 0.6) is 0 Å². The number of nitrogens with one attached hydrogen (secondary N) is 1. The van der Waals surface area contributed by atoms with Crippen molar-refractivity contribution in [1.82, 2.24) is 5.32 Å². The molecule has 0 aromatic heterocycles. The first-order valence-corrected chi connectivity index (χ1v) is 8.14. The summed E-state index contributed by atoms with van der Waals surface area (Å²) in [6.07, 6.45) is 2.65. The monoisotopic (exact) mass is 313 g/mol. The zero-order chi connectivity index (χ0) is 12.3. The Balaban J connectivity index is 2.01. The summed E-state index contributed by atoms with van der Waals surface area (Å²) in [4.78, 5) is 0. The van der Waals surface area contributed by atoms with Gasteiger partial charge in [0.15, 0.2) is 0 Å². The molecule has 1 heterocycles. The Morgan fingerprint density at radius 1 is 1.41 bits per heavy atom. The minimum atomic E-state index is 0.414. The molecule has 1 nitrogen and oxygen atoms in total. The van der Waals surface area contributed by atoms with Gasteiger partial charge >= 0.3 is 0 Å². The Kier molecular flexibility index (Phi) is 4.95. The third-order valence-electron chi connectivity index (χ3n) is 3.44. The van der Waals surface area contributed by atoms with Gasteiger partial charge in [0.05, 0.1) is 0 Å². The number of rotatable bonds is 3. The first-order valence-electron chi connectivity index (χ1n) is 6.30. The fraction of sp³-hybridized carbons (Fsp3) is 0.571. The van der Waals surface area contributed by atoms with Crippen molar-refractivity contribution in [2.24, 2.45) is 0 Å². The third-order valence-corrected chi connectivity index (χ3v) is 5.54. The Hall–Kier alpha value is 0.01000. The molecule has 0 aliphatic carbocycles. The van der Waals surface area contributed by atoms with Crippen molar-refractivity contribution in [3.63, 3.8) is 0 Å². The van der Waals surface area contributed by atoms with Crippen molar-refractivity contribution in [2.75, 3.05) is 5.75 Å². The van der Waals surface area contributed by atoms with Crippen molar-refractivity contribution < 1.29 is 0 Å². The van der Waals surface area contributed by atoms with E-state index in [2.05, 4.69) is 71.1 Å². The lowest BCUT2D eigenvalue weighted by Gasteiger charge is -2.32. The topological polar surface area (TPSA) is 12.0 Å². The van der Waals surface area contributed by atoms with Gasteiger partial charge in [-0.25, -0.2) is 0 Å². The van der Waals surface area contributed by atoms with Gasteiger partial charge in [0.1, 0.15) is 0 Å². The molecule has 1 aliphatic rings. The molecule has 1 saturated heterocycles. The van der Waals surface area contributed by atoms with Crippen LogP contribution in [0.25, 0.3) is 0 Å². The number of hydrogen-bond acceptors (Lipinski definition) is 2. The first-order chi connectivity index (χ1) is 8.18. The summed E-state index contributed by atoms with van der Waals surface area (Å²) >= 11 is 5.72. The smallest absolute Gasteiger partial charge is 0.0305 e. The van der Waals surface area contributed by atoms with E-state index in [1.807, 2.05) is 0 Å². The van der Waals surface area contributed by atoms with Gasteiger partial charge in [0.25, 0.3) is 0 Å². The molecule has 1 N–H and O–H groups in total. The highest BCUT2D eigenvalue weighted by molar-refractivity contribution is 9.10. The molecule has 3 unspecified atom stereocenters. The van der Waals surface area contributed by atoms with Crippen molar-refractivity contribution >= 4 is 27.7 Å². The van der Waals surface area contributed by atoms with E-state index >= 15 is 0 Å². The summed E-state index contributed by atoms with van der Waals surface area (Å²) in [5, 5.41) is 4.51. The molecule has 0 saturated carbocycles. The minimum Gasteiger partial charge on any atom is -0.306 e. The number of hydrogen-bond donors (Lipinski definition) is 1. The van der Waals surface area contributed by atoms with Crippen LogP contribution in [0, 0.1) is 0 Å². The summed E-state index contributed by atoms with van der Waals surface area (Å²) in [6.45, 7) is 4.60. The fourth-order valence-corrected chi connectivity index (χ4v) is 4.16. The zero-order valence-corrected chi connectivity index (χ0v) is 12.9. The Morgan fingerprint density at radius 3 is 2.88 bits per heavy atom. The molecular formula is C14H20BrNS. The van der Waals surface area contributed by atoms with Gasteiger partial charge in [0.2, 0.25) is 0 Å². The second kappa shape index (κ2) is 6.26. The van der Waals surface area contributed by atoms with Crippen LogP contribution in [0.4, 0.5) is 0 Å². The normalized spacial score (nSPS) is 26.8. The molecule has 0 amide bonds. The van der Waals surface area contributed by atoms with Crippen molar-refractivity contribution in [3.05, 3.63) is 34.3 Å². The Bertz CT molecular complexity index is 369. The van der Waals surface area contributed by atoms with E-state index in [4.69, 9.17) is 0 Å². The largest absolute Gasteiger partial charge is 0.306 e. The van der Waals surface area contributed by atoms with Gasteiger partial charge in [-0.1, -0.05) is 41.1 Å². The van der Waals surface area contributed by atoms with E-state index in [0.29, 0.717) is 12.1 Å². The predicted molar refractivity (Wildman–Crippen MR) is 80.6 cm³/mol. The fourth-order valence-electron chi connectivity index (χ4n) is 2.38. The molecule has 1 aliphatic heterocycles. The molecule has 0 bridgehead atoms. The van der Waals surface area contributed by atoms with Gasteiger partial charge in [-0.15, -0.1) is 0 Å². The Morgan fingerprint density at radius 2 is 2.18 bits per heavy atom. The van der Waals surface area contributed by atoms with Gasteiger partial charge in [0, 0.05) is 21.8 Å². The summed E-state index contributed by atoms with van der Waals surface area (Å²) in [5.74, 6) is 1.32. The summed E-state index contributed by atoms with van der Waals surface area (Å²) in [5.41, 5.74) is 1.36. The average molecular weight is 314 g/mol. The molecule has 3 heteroatoms. The van der Waals surface area contributed by atoms with E-state index in [-0.39, 0.29) is 0 Å². The van der Waals surface area contributed by atoms with Crippen LogP contribution >= 0.6 is 27.7 Å². The maximum absolute atomic E-state index is 3.77. The molecule has 0 radical (unpaired) electrons. The summed E-state index contributed by atoms with van der Waals surface area (Å²) in [7, 11) is 0. The van der Waals surface area contributed by atoms with Crippen LogP contribution in [0.3, 0.4) is 0 Å². The molecule has 1 fully saturated rings. The zero-order valence-electron chi connectivity index (χ0n) is 10.4. The van der Waals surface area contributed by atoms with E-state index < -0.39 is 0 Å².